The molecule has 3 amide bonds. The number of aliphatic imine (C=N–C) groups is 2. The lowest BCUT2D eigenvalue weighted by Crippen LogP contribution is -2.33. The predicted molar refractivity (Wildman–Crippen MR) is 247 cm³/mol. The van der Waals surface area contributed by atoms with Crippen molar-refractivity contribution >= 4 is 54.0 Å². The molecular weight excluding hydrogens is 867 g/mol. The van der Waals surface area contributed by atoms with Crippen molar-refractivity contribution in [2.45, 2.75) is 25.7 Å². The summed E-state index contributed by atoms with van der Waals surface area (Å²) in [6.45, 7) is 2.79. The van der Waals surface area contributed by atoms with Gasteiger partial charge in [-0.1, -0.05) is 60.7 Å². The normalized spacial score (nSPS) is 14.0. The van der Waals surface area contributed by atoms with Crippen LogP contribution in [-0.4, -0.2) is 112 Å². The molecule has 2 aliphatic heterocycles. The van der Waals surface area contributed by atoms with Crippen molar-refractivity contribution in [3.8, 4) is 33.9 Å². The smallest absolute Gasteiger partial charge is 0.492 e. The maximum absolute atomic E-state index is 15.4. The highest BCUT2D eigenvalue weighted by atomic mass is 19.2. The lowest BCUT2D eigenvalue weighted by molar-refractivity contribution is -0.197. The summed E-state index contributed by atoms with van der Waals surface area (Å²) in [5, 5.41) is 3.10. The highest BCUT2D eigenvalue weighted by Crippen LogP contribution is 2.41. The Hall–Kier alpha value is -7.28. The van der Waals surface area contributed by atoms with E-state index >= 15 is 8.63 Å². The first-order valence-corrected chi connectivity index (χ1v) is 21.7. The average molecular weight is 916 g/mol. The molecule has 5 aromatic rings. The predicted octanol–water partition coefficient (Wildman–Crippen LogP) is 7.15. The maximum Gasteiger partial charge on any atom is 0.679 e. The van der Waals surface area contributed by atoms with E-state index in [1.165, 1.54) is 0 Å². The van der Waals surface area contributed by atoms with Crippen molar-refractivity contribution in [3.05, 3.63) is 132 Å². The van der Waals surface area contributed by atoms with Crippen LogP contribution < -0.4 is 14.8 Å². The highest BCUT2D eigenvalue weighted by molar-refractivity contribution is 6.43. The van der Waals surface area contributed by atoms with Gasteiger partial charge in [-0.25, -0.2) is 14.8 Å². The molecule has 18 heteroatoms. The molecule has 346 valence electrons. The van der Waals surface area contributed by atoms with Crippen LogP contribution in [0.1, 0.15) is 36.8 Å². The number of hydrogen-bond donors (Lipinski definition) is 1. The standard InChI is InChI=1S/C49H48BF2N5O10/c1-62-26-27-63-28-29-64-30-31-66-39-18-14-37(15-19-39)43-33-41(35-10-6-3-7-11-35)49(56(43)50(51)52)55-48-40(34-8-4-2-5-9-34)32-42(54-48)36-12-16-38(17-13-36)65-25-24-53-44(58)20-23-47(61)67-57-45(59)21-22-46(57)60/h2-19,32-33H,20-31H2,1H3,(H,53,58)/b55-48-. The molecule has 1 aromatic heterocycles. The van der Waals surface area contributed by atoms with Gasteiger partial charge in [-0.2, -0.15) is 0 Å². The summed E-state index contributed by atoms with van der Waals surface area (Å²) < 4.78 is 59.4. The Morgan fingerprint density at radius 2 is 1.28 bits per heavy atom. The van der Waals surface area contributed by atoms with Gasteiger partial charge in [0.2, 0.25) is 5.91 Å². The fourth-order valence-electron chi connectivity index (χ4n) is 7.05. The number of halogens is 2. The van der Waals surface area contributed by atoms with Crippen LogP contribution in [0.2, 0.25) is 0 Å². The molecule has 0 aliphatic carbocycles. The molecule has 0 saturated carbocycles. The lowest BCUT2D eigenvalue weighted by Gasteiger charge is -2.12. The second kappa shape index (κ2) is 23.8. The van der Waals surface area contributed by atoms with E-state index < -0.39 is 31.1 Å². The van der Waals surface area contributed by atoms with Crippen molar-refractivity contribution in [1.29, 1.82) is 0 Å². The van der Waals surface area contributed by atoms with Gasteiger partial charge in [0.15, 0.2) is 5.84 Å². The minimum absolute atomic E-state index is 0.0215. The van der Waals surface area contributed by atoms with Crippen LogP contribution in [-0.2, 0) is 38.2 Å². The number of allylic oxidation sites excluding steroid dienone is 1. The Kier molecular flexibility index (Phi) is 16.9. The molecule has 15 nitrogen and oxygen atoms in total. The number of nitrogens with zero attached hydrogens (tertiary/aromatic N) is 4. The molecule has 7 rings (SSSR count). The van der Waals surface area contributed by atoms with Gasteiger partial charge in [0.05, 0.1) is 51.7 Å². The zero-order valence-corrected chi connectivity index (χ0v) is 36.7. The van der Waals surface area contributed by atoms with E-state index in [1.807, 2.05) is 78.9 Å². The number of methoxy groups -OCH3 is 1. The Labute approximate surface area is 386 Å². The van der Waals surface area contributed by atoms with Crippen LogP contribution in [0.25, 0.3) is 28.0 Å². The van der Waals surface area contributed by atoms with Gasteiger partial charge in [0.25, 0.3) is 11.8 Å². The Morgan fingerprint density at radius 3 is 1.91 bits per heavy atom. The summed E-state index contributed by atoms with van der Waals surface area (Å²) in [5.74, 6) is -1.13. The quantitative estimate of drug-likeness (QED) is 0.0381. The first-order chi connectivity index (χ1) is 32.7. The van der Waals surface area contributed by atoms with E-state index in [1.54, 1.807) is 49.6 Å². The van der Waals surface area contributed by atoms with Crippen LogP contribution in [0.3, 0.4) is 0 Å². The molecule has 0 radical (unpaired) electrons. The number of ether oxygens (including phenoxy) is 5. The van der Waals surface area contributed by atoms with E-state index in [-0.39, 0.29) is 56.2 Å². The van der Waals surface area contributed by atoms with Crippen molar-refractivity contribution < 1.29 is 56.3 Å². The number of aromatic nitrogens is 1. The highest BCUT2D eigenvalue weighted by Gasteiger charge is 2.33. The minimum Gasteiger partial charge on any atom is -0.492 e. The Bertz CT molecular complexity index is 2570. The fraction of sp³-hybridized carbons (Fsp3) is 0.265. The molecule has 1 N–H and O–H groups in total. The number of benzene rings is 4. The Morgan fingerprint density at radius 1 is 0.701 bits per heavy atom. The maximum atomic E-state index is 15.4. The summed E-state index contributed by atoms with van der Waals surface area (Å²) in [7, 11) is -1.35. The molecule has 4 aromatic carbocycles. The SMILES string of the molecule is COCCOCCOCCOc1ccc(-c2cc(-c3ccccc3)c(/N=C3\N=C(c4ccc(OCCNC(=O)CCC(=O)ON5C(=O)CCC5=O)cc4)C=C3c3ccccc3)n2B(F)F)cc1. The summed E-state index contributed by atoms with van der Waals surface area (Å²) in [6.07, 6.45) is 1.31. The van der Waals surface area contributed by atoms with Gasteiger partial charge in [0.1, 0.15) is 30.5 Å². The average Bonchev–Trinajstić information content (AvgIpc) is 4.05. The van der Waals surface area contributed by atoms with E-state index in [0.29, 0.717) is 84.2 Å². The molecule has 0 spiro atoms. The van der Waals surface area contributed by atoms with E-state index in [0.717, 1.165) is 15.6 Å². The monoisotopic (exact) mass is 915 g/mol. The number of carbonyl (C=O) groups excluding carboxylic acids is 4. The first-order valence-electron chi connectivity index (χ1n) is 21.7. The van der Waals surface area contributed by atoms with Gasteiger partial charge in [-0.05, 0) is 77.4 Å². The third-order valence-corrected chi connectivity index (χ3v) is 10.4. The molecule has 0 bridgehead atoms. The first kappa shape index (κ1) is 47.7. The van der Waals surface area contributed by atoms with Crippen molar-refractivity contribution in [3.63, 3.8) is 0 Å². The zero-order chi connectivity index (χ0) is 47.0. The molecular formula is C49H48BF2N5O10. The number of rotatable bonds is 24. The van der Waals surface area contributed by atoms with E-state index in [4.69, 9.17) is 38.5 Å². The van der Waals surface area contributed by atoms with Crippen molar-refractivity contribution in [2.24, 2.45) is 9.98 Å². The number of nitrogens with one attached hydrogen (secondary N) is 1. The molecule has 1 saturated heterocycles. The topological polar surface area (TPSA) is 169 Å². The van der Waals surface area contributed by atoms with Crippen LogP contribution in [0.5, 0.6) is 11.5 Å². The number of amides is 3. The number of carbonyl (C=O) groups is 4. The van der Waals surface area contributed by atoms with Crippen molar-refractivity contribution in [1.82, 2.24) is 14.9 Å². The molecule has 3 heterocycles. The molecule has 0 unspecified atom stereocenters. The lowest BCUT2D eigenvalue weighted by atomic mass is 10.0. The minimum atomic E-state index is -2.96. The third-order valence-electron chi connectivity index (χ3n) is 10.4. The summed E-state index contributed by atoms with van der Waals surface area (Å²) in [4.78, 5) is 62.2. The van der Waals surface area contributed by atoms with Gasteiger partial charge in [-0.3, -0.25) is 23.0 Å². The fourth-order valence-corrected chi connectivity index (χ4v) is 7.05. The summed E-state index contributed by atoms with van der Waals surface area (Å²) in [5.41, 5.74) is 4.70. The number of imide groups is 1. The van der Waals surface area contributed by atoms with Crippen LogP contribution in [0, 0.1) is 0 Å². The third kappa shape index (κ3) is 13.0. The zero-order valence-electron chi connectivity index (χ0n) is 36.7. The number of amidine groups is 1. The van der Waals surface area contributed by atoms with Crippen LogP contribution in [0.15, 0.2) is 131 Å². The molecule has 0 atom stereocenters. The van der Waals surface area contributed by atoms with Gasteiger partial charge >= 0.3 is 13.4 Å². The molecule has 67 heavy (non-hydrogen) atoms. The number of hydrogen-bond acceptors (Lipinski definition) is 11. The van der Waals surface area contributed by atoms with E-state index in [2.05, 4.69) is 5.32 Å². The summed E-state index contributed by atoms with van der Waals surface area (Å²) in [6, 6.07) is 34.5. The van der Waals surface area contributed by atoms with Crippen molar-refractivity contribution in [2.75, 3.05) is 59.9 Å². The van der Waals surface area contributed by atoms with Gasteiger partial charge in [0, 0.05) is 48.8 Å². The van der Waals surface area contributed by atoms with Gasteiger partial charge < -0.3 is 38.3 Å². The molecule has 1 fully saturated rings. The largest absolute Gasteiger partial charge is 0.679 e. The second-order valence-electron chi connectivity index (χ2n) is 15.0. The van der Waals surface area contributed by atoms with Crippen LogP contribution >= 0.6 is 0 Å². The number of hydroxylamine groups is 2. The van der Waals surface area contributed by atoms with Gasteiger partial charge in [-0.15, -0.1) is 5.06 Å². The second-order valence-corrected chi connectivity index (χ2v) is 15.0. The molecule has 2 aliphatic rings. The summed E-state index contributed by atoms with van der Waals surface area (Å²) >= 11 is 0. The van der Waals surface area contributed by atoms with Crippen LogP contribution in [0.4, 0.5) is 14.4 Å². The Balaban J connectivity index is 1.05. The van der Waals surface area contributed by atoms with E-state index in [9.17, 15) is 19.2 Å².